The molecular weight excluding hydrogens is 344 g/mol. The van der Waals surface area contributed by atoms with Gasteiger partial charge in [-0.15, -0.1) is 0 Å². The first-order valence-corrected chi connectivity index (χ1v) is 10.7. The van der Waals surface area contributed by atoms with Crippen LogP contribution in [-0.2, 0) is 34.0 Å². The van der Waals surface area contributed by atoms with E-state index in [0.717, 1.165) is 24.0 Å². The highest BCUT2D eigenvalue weighted by molar-refractivity contribution is 7.91. The largest absolute Gasteiger partial charge is 0.386 e. The molecule has 0 amide bonds. The van der Waals surface area contributed by atoms with Crippen molar-refractivity contribution in [2.45, 2.75) is 63.6 Å². The summed E-state index contributed by atoms with van der Waals surface area (Å²) >= 11 is 0. The quantitative estimate of drug-likeness (QED) is 0.815. The standard InChI is InChI=1S/C22H30O3S/c1-21(2,3)26(24,25)16-19-10-8-17(9-11-19)6-7-18-12-14-20(15-13-18)22(4,5)23/h8-15,23H,6-7,16H2,1-5H3. The van der Waals surface area contributed by atoms with Gasteiger partial charge in [0.15, 0.2) is 9.84 Å². The summed E-state index contributed by atoms with van der Waals surface area (Å²) in [5.41, 5.74) is 3.33. The van der Waals surface area contributed by atoms with Gasteiger partial charge in [0, 0.05) is 0 Å². The van der Waals surface area contributed by atoms with Crippen molar-refractivity contribution in [1.29, 1.82) is 0 Å². The van der Waals surface area contributed by atoms with Crippen LogP contribution in [-0.4, -0.2) is 18.3 Å². The predicted octanol–water partition coefficient (Wildman–Crippen LogP) is 4.41. The fourth-order valence-corrected chi connectivity index (χ4v) is 3.67. The summed E-state index contributed by atoms with van der Waals surface area (Å²) in [5, 5.41) is 10.0. The molecule has 0 unspecified atom stereocenters. The Kier molecular flexibility index (Phi) is 5.99. The molecule has 0 saturated carbocycles. The molecule has 0 saturated heterocycles. The highest BCUT2D eigenvalue weighted by Gasteiger charge is 2.28. The fourth-order valence-electron chi connectivity index (χ4n) is 2.61. The van der Waals surface area contributed by atoms with E-state index < -0.39 is 20.2 Å². The number of hydrogen-bond donors (Lipinski definition) is 1. The summed E-state index contributed by atoms with van der Waals surface area (Å²) in [6.45, 7) is 8.77. The Bertz CT molecular complexity index is 819. The molecule has 0 aliphatic rings. The molecular formula is C22H30O3S. The van der Waals surface area contributed by atoms with Crippen LogP contribution in [0.2, 0.25) is 0 Å². The molecule has 26 heavy (non-hydrogen) atoms. The molecule has 2 aromatic carbocycles. The molecule has 0 bridgehead atoms. The lowest BCUT2D eigenvalue weighted by Crippen LogP contribution is -2.29. The highest BCUT2D eigenvalue weighted by Crippen LogP contribution is 2.22. The van der Waals surface area contributed by atoms with E-state index in [9.17, 15) is 13.5 Å². The number of rotatable bonds is 6. The average Bonchev–Trinajstić information content (AvgIpc) is 2.52. The van der Waals surface area contributed by atoms with Gasteiger partial charge in [0.1, 0.15) is 0 Å². The number of hydrogen-bond acceptors (Lipinski definition) is 3. The minimum absolute atomic E-state index is 0.0786. The monoisotopic (exact) mass is 374 g/mol. The molecule has 0 radical (unpaired) electrons. The van der Waals surface area contributed by atoms with Crippen LogP contribution in [0.4, 0.5) is 0 Å². The van der Waals surface area contributed by atoms with Crippen molar-refractivity contribution in [3.8, 4) is 0 Å². The van der Waals surface area contributed by atoms with Gasteiger partial charge in [0.25, 0.3) is 0 Å². The van der Waals surface area contributed by atoms with Crippen LogP contribution in [0.1, 0.15) is 56.9 Å². The van der Waals surface area contributed by atoms with Crippen molar-refractivity contribution in [3.63, 3.8) is 0 Å². The maximum absolute atomic E-state index is 12.3. The van der Waals surface area contributed by atoms with Crippen LogP contribution in [0.25, 0.3) is 0 Å². The lowest BCUT2D eigenvalue weighted by molar-refractivity contribution is 0.0786. The van der Waals surface area contributed by atoms with Gasteiger partial charge in [-0.1, -0.05) is 48.5 Å². The molecule has 1 N–H and O–H groups in total. The van der Waals surface area contributed by atoms with E-state index >= 15 is 0 Å². The normalized spacial score (nSPS) is 13.0. The van der Waals surface area contributed by atoms with E-state index in [0.29, 0.717) is 0 Å². The third-order valence-electron chi connectivity index (χ3n) is 4.68. The molecule has 3 nitrogen and oxygen atoms in total. The molecule has 4 heteroatoms. The summed E-state index contributed by atoms with van der Waals surface area (Å²) in [4.78, 5) is 0. The second kappa shape index (κ2) is 7.53. The van der Waals surface area contributed by atoms with E-state index in [4.69, 9.17) is 0 Å². The minimum Gasteiger partial charge on any atom is -0.386 e. The molecule has 0 aromatic heterocycles. The smallest absolute Gasteiger partial charge is 0.159 e. The van der Waals surface area contributed by atoms with Gasteiger partial charge in [0.2, 0.25) is 0 Å². The van der Waals surface area contributed by atoms with Gasteiger partial charge in [0.05, 0.1) is 16.1 Å². The van der Waals surface area contributed by atoms with E-state index in [-0.39, 0.29) is 5.75 Å². The summed E-state index contributed by atoms with van der Waals surface area (Å²) in [7, 11) is -3.16. The number of benzene rings is 2. The Morgan fingerprint density at radius 3 is 1.50 bits per heavy atom. The summed E-state index contributed by atoms with van der Waals surface area (Å²) in [6.07, 6.45) is 1.81. The van der Waals surface area contributed by atoms with E-state index in [1.807, 2.05) is 36.4 Å². The zero-order chi connectivity index (χ0) is 19.6. The van der Waals surface area contributed by atoms with Gasteiger partial charge in [-0.05, 0) is 69.7 Å². The van der Waals surface area contributed by atoms with Gasteiger partial charge in [-0.2, -0.15) is 0 Å². The Morgan fingerprint density at radius 2 is 1.12 bits per heavy atom. The van der Waals surface area contributed by atoms with Crippen molar-refractivity contribution in [2.75, 3.05) is 0 Å². The average molecular weight is 375 g/mol. The Morgan fingerprint density at radius 1 is 0.731 bits per heavy atom. The fraction of sp³-hybridized carbons (Fsp3) is 0.455. The number of aliphatic hydroxyl groups is 1. The van der Waals surface area contributed by atoms with Crippen molar-refractivity contribution in [3.05, 3.63) is 70.8 Å². The van der Waals surface area contributed by atoms with Gasteiger partial charge >= 0.3 is 0 Å². The highest BCUT2D eigenvalue weighted by atomic mass is 32.2. The predicted molar refractivity (Wildman–Crippen MR) is 108 cm³/mol. The molecule has 0 heterocycles. The first-order chi connectivity index (χ1) is 11.9. The second-order valence-electron chi connectivity index (χ2n) is 8.44. The van der Waals surface area contributed by atoms with E-state index in [1.165, 1.54) is 11.1 Å². The molecule has 0 atom stereocenters. The molecule has 2 aromatic rings. The zero-order valence-electron chi connectivity index (χ0n) is 16.4. The topological polar surface area (TPSA) is 54.4 Å². The summed E-state index contributed by atoms with van der Waals surface area (Å²) < 4.78 is 23.9. The molecule has 0 aliphatic carbocycles. The molecule has 0 fully saturated rings. The van der Waals surface area contributed by atoms with E-state index in [2.05, 4.69) is 12.1 Å². The maximum Gasteiger partial charge on any atom is 0.159 e. The first kappa shape index (κ1) is 20.7. The van der Waals surface area contributed by atoms with Crippen molar-refractivity contribution < 1.29 is 13.5 Å². The van der Waals surface area contributed by atoms with Crippen LogP contribution < -0.4 is 0 Å². The van der Waals surface area contributed by atoms with Crippen LogP contribution in [0.15, 0.2) is 48.5 Å². The first-order valence-electron chi connectivity index (χ1n) is 9.00. The van der Waals surface area contributed by atoms with Crippen molar-refractivity contribution >= 4 is 9.84 Å². The summed E-state index contributed by atoms with van der Waals surface area (Å²) in [6, 6.07) is 15.9. The molecule has 142 valence electrons. The molecule has 0 aliphatic heterocycles. The van der Waals surface area contributed by atoms with Crippen molar-refractivity contribution in [1.82, 2.24) is 0 Å². The lowest BCUT2D eigenvalue weighted by atomic mass is 9.96. The SMILES string of the molecule is CC(C)(O)c1ccc(CCc2ccc(CS(=O)(=O)C(C)(C)C)cc2)cc1. The van der Waals surface area contributed by atoms with E-state index in [1.54, 1.807) is 34.6 Å². The summed E-state index contributed by atoms with van der Waals surface area (Å²) in [5.74, 6) is 0.0786. The van der Waals surface area contributed by atoms with Gasteiger partial charge in [-0.25, -0.2) is 8.42 Å². The third kappa shape index (κ3) is 5.42. The van der Waals surface area contributed by atoms with Crippen LogP contribution in [0.3, 0.4) is 0 Å². The number of aryl methyl sites for hydroxylation is 2. The Labute approximate surface area is 158 Å². The Hall–Kier alpha value is -1.65. The van der Waals surface area contributed by atoms with Crippen LogP contribution >= 0.6 is 0 Å². The minimum atomic E-state index is -3.16. The van der Waals surface area contributed by atoms with Crippen LogP contribution in [0, 0.1) is 0 Å². The molecule has 0 spiro atoms. The van der Waals surface area contributed by atoms with Gasteiger partial charge < -0.3 is 5.11 Å². The van der Waals surface area contributed by atoms with Gasteiger partial charge in [-0.3, -0.25) is 0 Å². The maximum atomic E-state index is 12.3. The number of sulfone groups is 1. The third-order valence-corrected chi connectivity index (χ3v) is 7.25. The molecule has 2 rings (SSSR count). The lowest BCUT2D eigenvalue weighted by Gasteiger charge is -2.19. The Balaban J connectivity index is 1.98. The van der Waals surface area contributed by atoms with Crippen LogP contribution in [0.5, 0.6) is 0 Å². The second-order valence-corrected chi connectivity index (χ2v) is 11.2. The van der Waals surface area contributed by atoms with Crippen molar-refractivity contribution in [2.24, 2.45) is 0 Å². The zero-order valence-corrected chi connectivity index (χ0v) is 17.2.